The summed E-state index contributed by atoms with van der Waals surface area (Å²) >= 11 is 0. The van der Waals surface area contributed by atoms with E-state index in [0.717, 1.165) is 11.1 Å². The summed E-state index contributed by atoms with van der Waals surface area (Å²) in [7, 11) is 0. The lowest BCUT2D eigenvalue weighted by Crippen LogP contribution is -2.21. The Morgan fingerprint density at radius 1 is 0.884 bits per heavy atom. The summed E-state index contributed by atoms with van der Waals surface area (Å²) in [6, 6.07) is 27.7. The van der Waals surface area contributed by atoms with E-state index in [1.165, 1.54) is 5.56 Å². The van der Waals surface area contributed by atoms with Crippen molar-refractivity contribution in [1.82, 2.24) is 0 Å². The second-order valence-electron chi connectivity index (χ2n) is 9.89. The lowest BCUT2D eigenvalue weighted by molar-refractivity contribution is 0.0734. The largest absolute Gasteiger partial charge is 0.494 e. The topological polar surface area (TPSA) is 113 Å². The second-order valence-corrected chi connectivity index (χ2v) is 9.89. The van der Waals surface area contributed by atoms with Crippen LogP contribution in [-0.2, 0) is 6.61 Å². The van der Waals surface area contributed by atoms with Gasteiger partial charge in [0, 0.05) is 11.6 Å². The average molecular weight is 577 g/mol. The Balaban J connectivity index is 1.42. The van der Waals surface area contributed by atoms with Gasteiger partial charge in [-0.15, -0.1) is 0 Å². The molecule has 1 aliphatic rings. The van der Waals surface area contributed by atoms with Crippen LogP contribution in [0.3, 0.4) is 0 Å². The summed E-state index contributed by atoms with van der Waals surface area (Å²) in [4.78, 5) is 12.9. The van der Waals surface area contributed by atoms with Crippen LogP contribution in [0.25, 0.3) is 0 Å². The zero-order valence-corrected chi connectivity index (χ0v) is 24.3. The molecule has 4 aromatic carbocycles. The van der Waals surface area contributed by atoms with Gasteiger partial charge in [-0.1, -0.05) is 48.0 Å². The molecule has 5 rings (SSSR count). The van der Waals surface area contributed by atoms with Crippen LogP contribution in [0, 0.1) is 18.3 Å². The molecule has 4 aromatic rings. The molecular formula is C35H32N2O6. The van der Waals surface area contributed by atoms with Gasteiger partial charge in [0.25, 0.3) is 0 Å². The molecule has 8 heteroatoms. The minimum absolute atomic E-state index is 0.0226. The smallest absolute Gasteiger partial charge is 0.343 e. The van der Waals surface area contributed by atoms with Crippen LogP contribution in [0.2, 0.25) is 0 Å². The van der Waals surface area contributed by atoms with E-state index in [1.807, 2.05) is 63.2 Å². The van der Waals surface area contributed by atoms with Crippen LogP contribution in [0.5, 0.6) is 28.7 Å². The molecule has 1 aliphatic heterocycles. The Hall–Kier alpha value is -5.42. The maximum atomic E-state index is 12.9. The van der Waals surface area contributed by atoms with Crippen molar-refractivity contribution in [2.75, 3.05) is 13.2 Å². The zero-order valence-electron chi connectivity index (χ0n) is 24.3. The number of benzene rings is 4. The number of carbonyl (C=O) groups excluding carboxylic acids is 1. The highest BCUT2D eigenvalue weighted by atomic mass is 16.5. The fourth-order valence-corrected chi connectivity index (χ4v) is 4.82. The number of esters is 1. The van der Waals surface area contributed by atoms with Crippen molar-refractivity contribution in [3.63, 3.8) is 0 Å². The molecule has 0 spiro atoms. The van der Waals surface area contributed by atoms with Gasteiger partial charge in [0.15, 0.2) is 11.5 Å². The average Bonchev–Trinajstić information content (AvgIpc) is 3.01. The molecule has 0 saturated heterocycles. The van der Waals surface area contributed by atoms with Crippen LogP contribution in [0.4, 0.5) is 0 Å². The predicted molar refractivity (Wildman–Crippen MR) is 161 cm³/mol. The minimum Gasteiger partial charge on any atom is -0.494 e. The molecule has 1 atom stereocenters. The fourth-order valence-electron chi connectivity index (χ4n) is 4.82. The van der Waals surface area contributed by atoms with E-state index >= 15 is 0 Å². The lowest BCUT2D eigenvalue weighted by atomic mass is 9.83. The van der Waals surface area contributed by atoms with Crippen LogP contribution in [0.15, 0.2) is 96.4 Å². The maximum Gasteiger partial charge on any atom is 0.343 e. The molecular weight excluding hydrogens is 544 g/mol. The van der Waals surface area contributed by atoms with Crippen LogP contribution < -0.4 is 29.4 Å². The van der Waals surface area contributed by atoms with Gasteiger partial charge in [-0.25, -0.2) is 4.79 Å². The third-order valence-electron chi connectivity index (χ3n) is 6.90. The Labute approximate surface area is 250 Å². The molecule has 1 heterocycles. The number of carbonyl (C=O) groups is 1. The first kappa shape index (κ1) is 29.1. The number of ether oxygens (including phenoxy) is 5. The van der Waals surface area contributed by atoms with E-state index in [2.05, 4.69) is 6.07 Å². The summed E-state index contributed by atoms with van der Waals surface area (Å²) in [5, 5.41) is 10.0. The molecule has 0 fully saturated rings. The monoisotopic (exact) mass is 576 g/mol. The molecule has 218 valence electrons. The molecule has 1 unspecified atom stereocenters. The summed E-state index contributed by atoms with van der Waals surface area (Å²) in [5.74, 6) is 1.27. The zero-order chi connectivity index (χ0) is 30.3. The second kappa shape index (κ2) is 13.0. The molecule has 0 saturated carbocycles. The van der Waals surface area contributed by atoms with E-state index in [-0.39, 0.29) is 17.2 Å². The Morgan fingerprint density at radius 2 is 1.67 bits per heavy atom. The fraction of sp³-hybridized carbons (Fsp3) is 0.200. The van der Waals surface area contributed by atoms with E-state index in [1.54, 1.807) is 42.5 Å². The number of fused-ring (bicyclic) bond motifs is 1. The summed E-state index contributed by atoms with van der Waals surface area (Å²) in [6.07, 6.45) is 0. The highest BCUT2D eigenvalue weighted by Gasteiger charge is 2.32. The number of rotatable bonds is 10. The summed E-state index contributed by atoms with van der Waals surface area (Å²) in [6.45, 7) is 7.10. The minimum atomic E-state index is -0.544. The standard InChI is InChI=1S/C35H32N2O6/c1-4-39-26-8-6-7-25(17-26)35(38)42-27-14-15-28-31(19-27)43-34(37)29(20-36)33(28)24-13-16-30(32(18-24)40-5-2)41-21-23-11-9-22(3)10-12-23/h6-19,33H,4-5,21,37H2,1-3H3. The van der Waals surface area contributed by atoms with Gasteiger partial charge in [-0.2, -0.15) is 5.26 Å². The van der Waals surface area contributed by atoms with Gasteiger partial charge in [-0.3, -0.25) is 0 Å². The Kier molecular flexibility index (Phi) is 8.82. The normalized spacial score (nSPS) is 13.8. The SMILES string of the molecule is CCOc1cccc(C(=O)Oc2ccc3c(c2)OC(N)=C(C#N)C3c2ccc(OCc3ccc(C)cc3)c(OCC)c2)c1. The first-order valence-corrected chi connectivity index (χ1v) is 14.0. The van der Waals surface area contributed by atoms with Gasteiger partial charge >= 0.3 is 5.97 Å². The molecule has 2 N–H and O–H groups in total. The number of hydrogen-bond donors (Lipinski definition) is 1. The van der Waals surface area contributed by atoms with Crippen molar-refractivity contribution in [2.24, 2.45) is 5.73 Å². The lowest BCUT2D eigenvalue weighted by Gasteiger charge is -2.27. The van der Waals surface area contributed by atoms with Crippen molar-refractivity contribution in [2.45, 2.75) is 33.3 Å². The van der Waals surface area contributed by atoms with Crippen LogP contribution >= 0.6 is 0 Å². The number of nitriles is 1. The van der Waals surface area contributed by atoms with Gasteiger partial charge in [0.1, 0.15) is 35.5 Å². The van der Waals surface area contributed by atoms with Crippen molar-refractivity contribution in [1.29, 1.82) is 5.26 Å². The highest BCUT2D eigenvalue weighted by Crippen LogP contribution is 2.45. The van der Waals surface area contributed by atoms with E-state index < -0.39 is 11.9 Å². The molecule has 0 amide bonds. The number of nitrogens with two attached hydrogens (primary N) is 1. The molecule has 0 aromatic heterocycles. The van der Waals surface area contributed by atoms with Gasteiger partial charge in [0.2, 0.25) is 5.88 Å². The van der Waals surface area contributed by atoms with Gasteiger partial charge in [-0.05, 0) is 68.3 Å². The quantitative estimate of drug-likeness (QED) is 0.162. The van der Waals surface area contributed by atoms with Crippen molar-refractivity contribution in [3.05, 3.63) is 124 Å². The molecule has 43 heavy (non-hydrogen) atoms. The number of aryl methyl sites for hydroxylation is 1. The maximum absolute atomic E-state index is 12.9. The molecule has 0 radical (unpaired) electrons. The van der Waals surface area contributed by atoms with E-state index in [9.17, 15) is 10.1 Å². The van der Waals surface area contributed by atoms with Crippen molar-refractivity contribution >= 4 is 5.97 Å². The molecule has 0 aliphatic carbocycles. The molecule has 8 nitrogen and oxygen atoms in total. The predicted octanol–water partition coefficient (Wildman–Crippen LogP) is 6.81. The van der Waals surface area contributed by atoms with Crippen molar-refractivity contribution < 1.29 is 28.5 Å². The Morgan fingerprint density at radius 3 is 2.42 bits per heavy atom. The van der Waals surface area contributed by atoms with Crippen molar-refractivity contribution in [3.8, 4) is 34.8 Å². The molecule has 0 bridgehead atoms. The summed E-state index contributed by atoms with van der Waals surface area (Å²) in [5.41, 5.74) is 10.5. The highest BCUT2D eigenvalue weighted by molar-refractivity contribution is 5.91. The van der Waals surface area contributed by atoms with E-state index in [0.29, 0.717) is 53.9 Å². The summed E-state index contributed by atoms with van der Waals surface area (Å²) < 4.78 is 29.0. The number of nitrogens with zero attached hydrogens (tertiary/aromatic N) is 1. The van der Waals surface area contributed by atoms with Gasteiger partial charge in [0.05, 0.1) is 24.7 Å². The van der Waals surface area contributed by atoms with Crippen LogP contribution in [0.1, 0.15) is 52.4 Å². The van der Waals surface area contributed by atoms with Crippen LogP contribution in [-0.4, -0.2) is 19.2 Å². The number of hydrogen-bond acceptors (Lipinski definition) is 8. The Bertz CT molecular complexity index is 1700. The first-order chi connectivity index (χ1) is 20.9. The van der Waals surface area contributed by atoms with Gasteiger partial charge < -0.3 is 29.4 Å². The number of allylic oxidation sites excluding steroid dienone is 1. The first-order valence-electron chi connectivity index (χ1n) is 14.0. The third kappa shape index (κ3) is 6.57. The third-order valence-corrected chi connectivity index (χ3v) is 6.90. The van der Waals surface area contributed by atoms with E-state index in [4.69, 9.17) is 29.4 Å².